The third-order valence-corrected chi connectivity index (χ3v) is 10.2. The van der Waals surface area contributed by atoms with Crippen LogP contribution in [-0.2, 0) is 5.41 Å². The molecule has 2 aromatic heterocycles. The predicted octanol–water partition coefficient (Wildman–Crippen LogP) is 12.9. The molecule has 0 atom stereocenters. The minimum absolute atomic E-state index is 0.117. The Balaban J connectivity index is 1.26. The summed E-state index contributed by atoms with van der Waals surface area (Å²) in [6.45, 7) is 4.66. The van der Waals surface area contributed by atoms with Crippen LogP contribution in [0.3, 0.4) is 0 Å². The van der Waals surface area contributed by atoms with Gasteiger partial charge in [0.15, 0.2) is 0 Å². The molecule has 10 rings (SSSR count). The van der Waals surface area contributed by atoms with Crippen molar-refractivity contribution in [2.45, 2.75) is 19.3 Å². The van der Waals surface area contributed by atoms with E-state index in [0.717, 1.165) is 72.1 Å². The number of hydrogen-bond donors (Lipinski definition) is 0. The average Bonchev–Trinajstić information content (AvgIpc) is 3.76. The van der Waals surface area contributed by atoms with Gasteiger partial charge in [0, 0.05) is 49.6 Å². The molecule has 2 heterocycles. The summed E-state index contributed by atoms with van der Waals surface area (Å²) in [6.07, 6.45) is 0. The second kappa shape index (κ2) is 9.97. The van der Waals surface area contributed by atoms with E-state index in [-0.39, 0.29) is 5.41 Å². The maximum absolute atomic E-state index is 6.88. The largest absolute Gasteiger partial charge is 0.456 e. The van der Waals surface area contributed by atoms with Gasteiger partial charge in [0.1, 0.15) is 22.3 Å². The fourth-order valence-corrected chi connectivity index (χ4v) is 7.98. The Morgan fingerprint density at radius 2 is 1.12 bits per heavy atom. The average molecular weight is 618 g/mol. The molecule has 0 fully saturated rings. The number of nitrogens with zero attached hydrogens (tertiary/aromatic N) is 1. The summed E-state index contributed by atoms with van der Waals surface area (Å²) >= 11 is 0. The van der Waals surface area contributed by atoms with Gasteiger partial charge in [0.2, 0.25) is 0 Å². The Morgan fingerprint density at radius 1 is 0.458 bits per heavy atom. The van der Waals surface area contributed by atoms with E-state index >= 15 is 0 Å². The molecule has 0 spiro atoms. The van der Waals surface area contributed by atoms with Crippen molar-refractivity contribution >= 4 is 60.9 Å². The number of benzene rings is 7. The highest BCUT2D eigenvalue weighted by Crippen LogP contribution is 2.52. The molecule has 0 bridgehead atoms. The van der Waals surface area contributed by atoms with E-state index in [9.17, 15) is 0 Å². The Bertz CT molecular complexity index is 2660. The minimum Gasteiger partial charge on any atom is -0.456 e. The first-order valence-electron chi connectivity index (χ1n) is 16.5. The van der Waals surface area contributed by atoms with Crippen LogP contribution >= 0.6 is 0 Å². The minimum atomic E-state index is -0.117. The molecule has 3 heteroatoms. The zero-order valence-corrected chi connectivity index (χ0v) is 26.7. The molecule has 0 saturated carbocycles. The van der Waals surface area contributed by atoms with E-state index in [1.807, 2.05) is 6.07 Å². The number of anilines is 3. The van der Waals surface area contributed by atoms with Crippen LogP contribution in [0.5, 0.6) is 0 Å². The third kappa shape index (κ3) is 3.82. The highest BCUT2D eigenvalue weighted by Gasteiger charge is 2.35. The Morgan fingerprint density at radius 3 is 1.92 bits per heavy atom. The van der Waals surface area contributed by atoms with Crippen LogP contribution in [0.4, 0.5) is 17.1 Å². The van der Waals surface area contributed by atoms with Gasteiger partial charge in [0.25, 0.3) is 0 Å². The molecule has 0 radical (unpaired) electrons. The van der Waals surface area contributed by atoms with E-state index in [1.165, 1.54) is 22.3 Å². The summed E-state index contributed by atoms with van der Waals surface area (Å²) in [6, 6.07) is 53.8. The topological polar surface area (TPSA) is 29.5 Å². The van der Waals surface area contributed by atoms with Gasteiger partial charge in [-0.1, -0.05) is 105 Å². The first-order valence-corrected chi connectivity index (χ1v) is 16.5. The SMILES string of the molecule is CC1(C)c2ccccc2-c2ccc(-c3c4oc5ccc(N(c6ccccc6)c6ccccc6)cc5c4cc4oc5ccccc5c34)cc21. The second-order valence-electron chi connectivity index (χ2n) is 13.3. The molecular formula is C45H31NO2. The molecule has 0 N–H and O–H groups in total. The van der Waals surface area contributed by atoms with Crippen LogP contribution in [0.25, 0.3) is 66.1 Å². The lowest BCUT2D eigenvalue weighted by Gasteiger charge is -2.25. The Kier molecular flexibility index (Phi) is 5.63. The van der Waals surface area contributed by atoms with Gasteiger partial charge in [-0.2, -0.15) is 0 Å². The van der Waals surface area contributed by atoms with Gasteiger partial charge < -0.3 is 13.7 Å². The van der Waals surface area contributed by atoms with E-state index in [4.69, 9.17) is 8.83 Å². The zero-order chi connectivity index (χ0) is 32.0. The number of para-hydroxylation sites is 3. The Labute approximate surface area is 278 Å². The highest BCUT2D eigenvalue weighted by atomic mass is 16.3. The number of furan rings is 2. The molecule has 48 heavy (non-hydrogen) atoms. The molecule has 9 aromatic rings. The van der Waals surface area contributed by atoms with Crippen LogP contribution in [0.2, 0.25) is 0 Å². The second-order valence-corrected chi connectivity index (χ2v) is 13.3. The summed E-state index contributed by atoms with van der Waals surface area (Å²) < 4.78 is 13.5. The van der Waals surface area contributed by atoms with Gasteiger partial charge in [-0.15, -0.1) is 0 Å². The molecule has 0 amide bonds. The third-order valence-electron chi connectivity index (χ3n) is 10.2. The maximum atomic E-state index is 6.88. The van der Waals surface area contributed by atoms with E-state index in [1.54, 1.807) is 0 Å². The van der Waals surface area contributed by atoms with Crippen molar-refractivity contribution in [3.8, 4) is 22.3 Å². The van der Waals surface area contributed by atoms with Gasteiger partial charge in [0.05, 0.1) is 0 Å². The summed E-state index contributed by atoms with van der Waals surface area (Å²) in [7, 11) is 0. The fraction of sp³-hybridized carbons (Fsp3) is 0.0667. The number of fused-ring (bicyclic) bond motifs is 9. The fourth-order valence-electron chi connectivity index (χ4n) is 7.98. The summed E-state index contributed by atoms with van der Waals surface area (Å²) in [5.74, 6) is 0. The van der Waals surface area contributed by atoms with Crippen molar-refractivity contribution in [3.63, 3.8) is 0 Å². The van der Waals surface area contributed by atoms with Crippen molar-refractivity contribution in [3.05, 3.63) is 163 Å². The Hall–Kier alpha value is -6.06. The molecule has 228 valence electrons. The lowest BCUT2D eigenvalue weighted by atomic mass is 9.81. The van der Waals surface area contributed by atoms with Crippen LogP contribution in [0.15, 0.2) is 160 Å². The van der Waals surface area contributed by atoms with Crippen molar-refractivity contribution in [1.29, 1.82) is 0 Å². The van der Waals surface area contributed by atoms with Crippen LogP contribution in [0.1, 0.15) is 25.0 Å². The van der Waals surface area contributed by atoms with E-state index < -0.39 is 0 Å². The van der Waals surface area contributed by atoms with Crippen molar-refractivity contribution < 1.29 is 8.83 Å². The lowest BCUT2D eigenvalue weighted by molar-refractivity contribution is 0.660. The van der Waals surface area contributed by atoms with Crippen LogP contribution in [0, 0.1) is 0 Å². The van der Waals surface area contributed by atoms with Crippen LogP contribution in [-0.4, -0.2) is 0 Å². The highest BCUT2D eigenvalue weighted by molar-refractivity contribution is 6.23. The quantitative estimate of drug-likeness (QED) is 0.197. The van der Waals surface area contributed by atoms with Crippen LogP contribution < -0.4 is 4.90 Å². The molecule has 0 saturated heterocycles. The summed E-state index contributed by atoms with van der Waals surface area (Å²) in [4.78, 5) is 2.29. The molecule has 1 aliphatic carbocycles. The predicted molar refractivity (Wildman–Crippen MR) is 199 cm³/mol. The zero-order valence-electron chi connectivity index (χ0n) is 26.7. The maximum Gasteiger partial charge on any atom is 0.144 e. The normalized spacial score (nSPS) is 13.4. The lowest BCUT2D eigenvalue weighted by Crippen LogP contribution is -2.14. The van der Waals surface area contributed by atoms with Crippen molar-refractivity contribution in [2.24, 2.45) is 0 Å². The van der Waals surface area contributed by atoms with E-state index in [2.05, 4.69) is 164 Å². The summed E-state index contributed by atoms with van der Waals surface area (Å²) in [5.41, 5.74) is 14.1. The van der Waals surface area contributed by atoms with Gasteiger partial charge >= 0.3 is 0 Å². The van der Waals surface area contributed by atoms with E-state index in [0.29, 0.717) is 0 Å². The molecule has 0 unspecified atom stereocenters. The standard InChI is InChI=1S/C45H31NO2/c1-45(2)37-19-11-9-17-32(37)33-23-21-28(25-38(33)45)42-43-34-18-10-12-20-39(34)47-41(43)27-36-35-26-31(22-24-40(35)48-44(36)42)46(29-13-5-3-6-14-29)30-15-7-4-8-16-30/h3-27H,1-2H3. The van der Waals surface area contributed by atoms with Gasteiger partial charge in [-0.05, 0) is 88.5 Å². The first-order chi connectivity index (χ1) is 23.6. The molecular weight excluding hydrogens is 587 g/mol. The molecule has 0 aliphatic heterocycles. The van der Waals surface area contributed by atoms with Gasteiger partial charge in [-0.3, -0.25) is 0 Å². The smallest absolute Gasteiger partial charge is 0.144 e. The molecule has 3 nitrogen and oxygen atoms in total. The number of hydrogen-bond acceptors (Lipinski definition) is 3. The molecule has 1 aliphatic rings. The first kappa shape index (κ1) is 27.1. The van der Waals surface area contributed by atoms with Crippen molar-refractivity contribution in [1.82, 2.24) is 0 Å². The monoisotopic (exact) mass is 617 g/mol. The summed E-state index contributed by atoms with van der Waals surface area (Å²) in [5, 5.41) is 4.27. The number of rotatable bonds is 4. The molecule has 7 aromatic carbocycles. The van der Waals surface area contributed by atoms with Gasteiger partial charge in [-0.25, -0.2) is 0 Å². The van der Waals surface area contributed by atoms with Crippen molar-refractivity contribution in [2.75, 3.05) is 4.90 Å².